The SMILES string of the molecule is COc1ccc(/C=C2\Oc3c(CN4CCCC[C@H]4c4cccnc4)c(O)cc(C)c3C2=O)cc1. The molecule has 2 aromatic carbocycles. The van der Waals surface area contributed by atoms with Gasteiger partial charge in [-0.2, -0.15) is 0 Å². The van der Waals surface area contributed by atoms with Crippen LogP contribution in [0.25, 0.3) is 6.08 Å². The van der Waals surface area contributed by atoms with Crippen molar-refractivity contribution in [3.8, 4) is 17.2 Å². The largest absolute Gasteiger partial charge is 0.507 e. The zero-order chi connectivity index (χ0) is 23.7. The normalized spacial score (nSPS) is 19.2. The molecule has 1 aromatic heterocycles. The Kier molecular flexibility index (Phi) is 6.07. The number of hydrogen-bond donors (Lipinski definition) is 1. The van der Waals surface area contributed by atoms with Gasteiger partial charge in [0.2, 0.25) is 5.78 Å². The van der Waals surface area contributed by atoms with Crippen LogP contribution < -0.4 is 9.47 Å². The first-order chi connectivity index (χ1) is 16.5. The van der Waals surface area contributed by atoms with Gasteiger partial charge in [-0.3, -0.25) is 14.7 Å². The molecule has 0 amide bonds. The number of methoxy groups -OCH3 is 1. The number of carbonyl (C=O) groups is 1. The molecular formula is C28H28N2O4. The molecule has 174 valence electrons. The number of benzene rings is 2. The average Bonchev–Trinajstić information content (AvgIpc) is 3.19. The lowest BCUT2D eigenvalue weighted by Crippen LogP contribution is -2.33. The fraction of sp³-hybridized carbons (Fsp3) is 0.286. The molecule has 6 nitrogen and oxygen atoms in total. The second-order valence-electron chi connectivity index (χ2n) is 8.88. The molecule has 0 saturated carbocycles. The standard InChI is InChI=1S/C28H28N2O4/c1-18-14-24(31)22(17-30-13-4-3-7-23(30)20-6-5-12-29-16-20)28-26(18)27(32)25(34-28)15-19-8-10-21(33-2)11-9-19/h5-6,8-12,14-16,23,31H,3-4,7,13,17H2,1-2H3/b25-15-/t23-/m0/s1. The smallest absolute Gasteiger partial charge is 0.232 e. The highest BCUT2D eigenvalue weighted by atomic mass is 16.5. The molecule has 0 bridgehead atoms. The predicted molar refractivity (Wildman–Crippen MR) is 130 cm³/mol. The van der Waals surface area contributed by atoms with Crippen molar-refractivity contribution in [3.63, 3.8) is 0 Å². The van der Waals surface area contributed by atoms with Crippen molar-refractivity contribution < 1.29 is 19.4 Å². The Labute approximate surface area is 199 Å². The Hall–Kier alpha value is -3.64. The van der Waals surface area contributed by atoms with Gasteiger partial charge >= 0.3 is 0 Å². The van der Waals surface area contributed by atoms with E-state index < -0.39 is 0 Å². The number of carbonyl (C=O) groups excluding carboxylic acids is 1. The average molecular weight is 457 g/mol. The molecule has 2 aliphatic rings. The maximum absolute atomic E-state index is 13.3. The number of hydrogen-bond acceptors (Lipinski definition) is 6. The third kappa shape index (κ3) is 4.17. The highest BCUT2D eigenvalue weighted by Gasteiger charge is 2.35. The van der Waals surface area contributed by atoms with Crippen LogP contribution in [0.2, 0.25) is 0 Å². The Morgan fingerprint density at radius 1 is 1.24 bits per heavy atom. The molecule has 1 N–H and O–H groups in total. The number of piperidine rings is 1. The maximum Gasteiger partial charge on any atom is 0.232 e. The number of fused-ring (bicyclic) bond motifs is 1. The van der Waals surface area contributed by atoms with Crippen molar-refractivity contribution >= 4 is 11.9 Å². The van der Waals surface area contributed by atoms with Crippen LogP contribution in [0.15, 0.2) is 60.6 Å². The number of allylic oxidation sites excluding steroid dienone is 1. The van der Waals surface area contributed by atoms with Crippen LogP contribution in [-0.4, -0.2) is 34.4 Å². The molecule has 3 heterocycles. The molecule has 2 aliphatic heterocycles. The second-order valence-corrected chi connectivity index (χ2v) is 8.88. The van der Waals surface area contributed by atoms with Crippen molar-refractivity contribution in [2.24, 2.45) is 0 Å². The molecule has 0 radical (unpaired) electrons. The topological polar surface area (TPSA) is 71.9 Å². The van der Waals surface area contributed by atoms with Gasteiger partial charge in [0.15, 0.2) is 5.76 Å². The third-order valence-corrected chi connectivity index (χ3v) is 6.68. The lowest BCUT2D eigenvalue weighted by atomic mass is 9.94. The highest BCUT2D eigenvalue weighted by Crippen LogP contribution is 2.44. The summed E-state index contributed by atoms with van der Waals surface area (Å²) in [5, 5.41) is 10.9. The number of ketones is 1. The number of rotatable bonds is 5. The van der Waals surface area contributed by atoms with E-state index in [1.807, 2.05) is 43.5 Å². The van der Waals surface area contributed by atoms with Crippen molar-refractivity contribution in [1.82, 2.24) is 9.88 Å². The summed E-state index contributed by atoms with van der Waals surface area (Å²) >= 11 is 0. The van der Waals surface area contributed by atoms with E-state index in [9.17, 15) is 9.90 Å². The number of Topliss-reactive ketones (excluding diaryl/α,β-unsaturated/α-hetero) is 1. The Balaban J connectivity index is 1.48. The van der Waals surface area contributed by atoms with Crippen molar-refractivity contribution in [2.45, 2.75) is 38.8 Å². The molecule has 1 fully saturated rings. The van der Waals surface area contributed by atoms with Crippen LogP contribution >= 0.6 is 0 Å². The second kappa shape index (κ2) is 9.31. The summed E-state index contributed by atoms with van der Waals surface area (Å²) in [5.41, 5.74) is 3.91. The van der Waals surface area contributed by atoms with E-state index in [0.717, 1.165) is 37.1 Å². The van der Waals surface area contributed by atoms with Gasteiger partial charge in [0.05, 0.1) is 18.2 Å². The molecule has 1 saturated heterocycles. The van der Waals surface area contributed by atoms with Gasteiger partial charge in [-0.15, -0.1) is 0 Å². The van der Waals surface area contributed by atoms with Crippen molar-refractivity contribution in [1.29, 1.82) is 0 Å². The molecule has 1 atom stereocenters. The minimum absolute atomic E-state index is 0.158. The molecule has 34 heavy (non-hydrogen) atoms. The van der Waals surface area contributed by atoms with Crippen LogP contribution in [0.1, 0.15) is 57.9 Å². The van der Waals surface area contributed by atoms with Crippen LogP contribution in [0.5, 0.6) is 17.2 Å². The molecular weight excluding hydrogens is 428 g/mol. The lowest BCUT2D eigenvalue weighted by Gasteiger charge is -2.36. The van der Waals surface area contributed by atoms with Gasteiger partial charge in [-0.05, 0) is 73.3 Å². The summed E-state index contributed by atoms with van der Waals surface area (Å²) in [6, 6.07) is 13.4. The van der Waals surface area contributed by atoms with Gasteiger partial charge < -0.3 is 14.6 Å². The van der Waals surface area contributed by atoms with E-state index in [1.54, 1.807) is 25.4 Å². The van der Waals surface area contributed by atoms with E-state index in [1.165, 1.54) is 5.56 Å². The van der Waals surface area contributed by atoms with Crippen LogP contribution in [-0.2, 0) is 6.54 Å². The van der Waals surface area contributed by atoms with Crippen LogP contribution in [0.3, 0.4) is 0 Å². The maximum atomic E-state index is 13.3. The fourth-order valence-electron chi connectivity index (χ4n) is 4.92. The molecule has 0 aliphatic carbocycles. The minimum Gasteiger partial charge on any atom is -0.507 e. The van der Waals surface area contributed by atoms with Crippen molar-refractivity contribution in [2.75, 3.05) is 13.7 Å². The van der Waals surface area contributed by atoms with E-state index in [4.69, 9.17) is 9.47 Å². The fourth-order valence-corrected chi connectivity index (χ4v) is 4.92. The number of phenolic OH excluding ortho intramolecular Hbond substituents is 1. The number of likely N-dealkylation sites (tertiary alicyclic amines) is 1. The summed E-state index contributed by atoms with van der Waals surface area (Å²) in [6.07, 6.45) is 8.71. The quantitative estimate of drug-likeness (QED) is 0.515. The third-order valence-electron chi connectivity index (χ3n) is 6.68. The van der Waals surface area contributed by atoms with Gasteiger partial charge in [0.25, 0.3) is 0 Å². The van der Waals surface area contributed by atoms with Gasteiger partial charge in [-0.25, -0.2) is 0 Å². The van der Waals surface area contributed by atoms with Crippen LogP contribution in [0.4, 0.5) is 0 Å². The Morgan fingerprint density at radius 2 is 2.06 bits per heavy atom. The van der Waals surface area contributed by atoms with E-state index in [2.05, 4.69) is 16.0 Å². The van der Waals surface area contributed by atoms with E-state index in [-0.39, 0.29) is 23.3 Å². The lowest BCUT2D eigenvalue weighted by molar-refractivity contribution is 0.101. The van der Waals surface area contributed by atoms with Crippen LogP contribution in [0, 0.1) is 6.92 Å². The van der Waals surface area contributed by atoms with Crippen molar-refractivity contribution in [3.05, 3.63) is 88.4 Å². The number of aromatic nitrogens is 1. The highest BCUT2D eigenvalue weighted by molar-refractivity contribution is 6.15. The molecule has 6 heteroatoms. The molecule has 0 spiro atoms. The van der Waals surface area contributed by atoms with Gasteiger partial charge in [-0.1, -0.05) is 24.6 Å². The number of aromatic hydroxyl groups is 1. The summed E-state index contributed by atoms with van der Waals surface area (Å²) in [5.74, 6) is 1.48. The first-order valence-corrected chi connectivity index (χ1v) is 11.6. The summed E-state index contributed by atoms with van der Waals surface area (Å²) in [6.45, 7) is 3.24. The Bertz CT molecular complexity index is 1240. The summed E-state index contributed by atoms with van der Waals surface area (Å²) in [7, 11) is 1.62. The first-order valence-electron chi connectivity index (χ1n) is 11.6. The van der Waals surface area contributed by atoms with E-state index in [0.29, 0.717) is 29.0 Å². The minimum atomic E-state index is -0.160. The zero-order valence-corrected chi connectivity index (χ0v) is 19.5. The number of pyridine rings is 1. The zero-order valence-electron chi connectivity index (χ0n) is 19.5. The molecule has 5 rings (SSSR count). The number of phenols is 1. The van der Waals surface area contributed by atoms with Gasteiger partial charge in [0.1, 0.15) is 17.2 Å². The first kappa shape index (κ1) is 22.2. The molecule has 0 unspecified atom stereocenters. The summed E-state index contributed by atoms with van der Waals surface area (Å²) < 4.78 is 11.3. The number of nitrogens with zero attached hydrogens (tertiary/aromatic N) is 2. The Morgan fingerprint density at radius 3 is 2.79 bits per heavy atom. The predicted octanol–water partition coefficient (Wildman–Crippen LogP) is 5.45. The van der Waals surface area contributed by atoms with Gasteiger partial charge in [0, 0.05) is 25.0 Å². The van der Waals surface area contributed by atoms with E-state index >= 15 is 0 Å². The summed E-state index contributed by atoms with van der Waals surface area (Å²) in [4.78, 5) is 19.9. The monoisotopic (exact) mass is 456 g/mol. The number of aryl methyl sites for hydroxylation is 1. The number of ether oxygens (including phenoxy) is 2. The molecule has 3 aromatic rings.